The summed E-state index contributed by atoms with van der Waals surface area (Å²) in [4.78, 5) is 0.351. The molecule has 0 saturated heterocycles. The fraction of sp³-hybridized carbons (Fsp3) is 0.571. The van der Waals surface area contributed by atoms with E-state index in [1.165, 1.54) is 0 Å². The van der Waals surface area contributed by atoms with Gasteiger partial charge in [0.05, 0.1) is 4.90 Å². The van der Waals surface area contributed by atoms with Crippen LogP contribution in [0.15, 0.2) is 29.2 Å². The van der Waals surface area contributed by atoms with Crippen molar-refractivity contribution in [2.75, 3.05) is 0 Å². The highest BCUT2D eigenvalue weighted by Gasteiger charge is 2.32. The molecule has 1 aliphatic rings. The van der Waals surface area contributed by atoms with E-state index < -0.39 is 10.0 Å². The number of hydrogen-bond acceptors (Lipinski definition) is 2. The molecular weight excluding hydrogens is 326 g/mol. The molecule has 0 aromatic heterocycles. The average Bonchev–Trinajstić information content (AvgIpc) is 2.70. The van der Waals surface area contributed by atoms with Gasteiger partial charge in [-0.25, -0.2) is 13.1 Å². The quantitative estimate of drug-likeness (QED) is 0.851. The lowest BCUT2D eigenvalue weighted by Gasteiger charge is -2.19. The second-order valence-electron chi connectivity index (χ2n) is 5.42. The monoisotopic (exact) mass is 345 g/mol. The SMILES string of the molecule is CC1CCC(NS(=O)(=O)c2ccc(CBr)cc2)C1C. The molecule has 5 heteroatoms. The van der Waals surface area contributed by atoms with Crippen LogP contribution in [0.3, 0.4) is 0 Å². The van der Waals surface area contributed by atoms with Crippen LogP contribution in [0.4, 0.5) is 0 Å². The van der Waals surface area contributed by atoms with Crippen LogP contribution in [0.5, 0.6) is 0 Å². The van der Waals surface area contributed by atoms with Crippen LogP contribution in [0.2, 0.25) is 0 Å². The normalized spacial score (nSPS) is 27.6. The van der Waals surface area contributed by atoms with Gasteiger partial charge in [0.2, 0.25) is 10.0 Å². The summed E-state index contributed by atoms with van der Waals surface area (Å²) in [5.41, 5.74) is 1.07. The van der Waals surface area contributed by atoms with Crippen molar-refractivity contribution in [1.82, 2.24) is 4.72 Å². The fourth-order valence-corrected chi connectivity index (χ4v) is 4.29. The van der Waals surface area contributed by atoms with E-state index in [4.69, 9.17) is 0 Å². The van der Waals surface area contributed by atoms with Gasteiger partial charge in [0.15, 0.2) is 0 Å². The van der Waals surface area contributed by atoms with Gasteiger partial charge in [-0.15, -0.1) is 0 Å². The summed E-state index contributed by atoms with van der Waals surface area (Å²) in [6, 6.07) is 7.08. The van der Waals surface area contributed by atoms with E-state index >= 15 is 0 Å². The van der Waals surface area contributed by atoms with Gasteiger partial charge in [0, 0.05) is 11.4 Å². The van der Waals surface area contributed by atoms with Gasteiger partial charge in [-0.05, 0) is 42.4 Å². The van der Waals surface area contributed by atoms with Crippen molar-refractivity contribution in [3.8, 4) is 0 Å². The van der Waals surface area contributed by atoms with Crippen molar-refractivity contribution in [2.24, 2.45) is 11.8 Å². The van der Waals surface area contributed by atoms with E-state index in [0.717, 1.165) is 23.7 Å². The van der Waals surface area contributed by atoms with Crippen LogP contribution in [0, 0.1) is 11.8 Å². The number of hydrogen-bond donors (Lipinski definition) is 1. The topological polar surface area (TPSA) is 46.2 Å². The minimum atomic E-state index is -3.39. The number of alkyl halides is 1. The Labute approximate surface area is 124 Å². The lowest BCUT2D eigenvalue weighted by atomic mass is 9.98. The van der Waals surface area contributed by atoms with E-state index in [1.54, 1.807) is 12.1 Å². The van der Waals surface area contributed by atoms with Crippen molar-refractivity contribution in [1.29, 1.82) is 0 Å². The summed E-state index contributed by atoms with van der Waals surface area (Å²) in [5.74, 6) is 0.986. The molecule has 3 atom stereocenters. The van der Waals surface area contributed by atoms with Gasteiger partial charge in [-0.2, -0.15) is 0 Å². The Bertz CT molecular complexity index is 527. The molecular formula is C14H20BrNO2S. The second kappa shape index (κ2) is 5.94. The average molecular weight is 346 g/mol. The van der Waals surface area contributed by atoms with Crippen molar-refractivity contribution >= 4 is 26.0 Å². The molecule has 0 spiro atoms. The maximum absolute atomic E-state index is 12.3. The third kappa shape index (κ3) is 3.38. The molecule has 0 amide bonds. The summed E-state index contributed by atoms with van der Waals surface area (Å²) < 4.78 is 27.5. The maximum atomic E-state index is 12.3. The molecule has 19 heavy (non-hydrogen) atoms. The first kappa shape index (κ1) is 15.0. The van der Waals surface area contributed by atoms with Gasteiger partial charge in [-0.1, -0.05) is 41.9 Å². The molecule has 1 N–H and O–H groups in total. The molecule has 2 rings (SSSR count). The standard InChI is InChI=1S/C14H20BrNO2S/c1-10-3-8-14(11(10)2)16-19(17,18)13-6-4-12(9-15)5-7-13/h4-7,10-11,14,16H,3,8-9H2,1-2H3. The van der Waals surface area contributed by atoms with E-state index in [1.807, 2.05) is 12.1 Å². The van der Waals surface area contributed by atoms with Crippen LogP contribution in [0.25, 0.3) is 0 Å². The second-order valence-corrected chi connectivity index (χ2v) is 7.69. The van der Waals surface area contributed by atoms with Gasteiger partial charge >= 0.3 is 0 Å². The van der Waals surface area contributed by atoms with Gasteiger partial charge < -0.3 is 0 Å². The number of benzene rings is 1. The Morgan fingerprint density at radius 3 is 2.32 bits per heavy atom. The number of rotatable bonds is 4. The molecule has 1 aromatic carbocycles. The molecule has 1 aromatic rings. The summed E-state index contributed by atoms with van der Waals surface area (Å²) in [5, 5.41) is 0.734. The molecule has 0 bridgehead atoms. The predicted octanol–water partition coefficient (Wildman–Crippen LogP) is 3.29. The first-order valence-electron chi connectivity index (χ1n) is 6.61. The largest absolute Gasteiger partial charge is 0.240 e. The molecule has 1 aliphatic carbocycles. The Morgan fingerprint density at radius 2 is 1.84 bits per heavy atom. The van der Waals surface area contributed by atoms with Crippen molar-refractivity contribution in [2.45, 2.75) is 43.0 Å². The molecule has 0 aliphatic heterocycles. The van der Waals surface area contributed by atoms with E-state index in [9.17, 15) is 8.42 Å². The van der Waals surface area contributed by atoms with E-state index in [2.05, 4.69) is 34.5 Å². The van der Waals surface area contributed by atoms with Crippen molar-refractivity contribution < 1.29 is 8.42 Å². The minimum absolute atomic E-state index is 0.0656. The summed E-state index contributed by atoms with van der Waals surface area (Å²) in [6.07, 6.45) is 2.03. The molecule has 0 heterocycles. The molecule has 106 valence electrons. The van der Waals surface area contributed by atoms with Crippen LogP contribution >= 0.6 is 15.9 Å². The first-order valence-corrected chi connectivity index (χ1v) is 9.21. The van der Waals surface area contributed by atoms with Crippen molar-refractivity contribution in [3.63, 3.8) is 0 Å². The Balaban J connectivity index is 2.13. The van der Waals surface area contributed by atoms with E-state index in [-0.39, 0.29) is 6.04 Å². The van der Waals surface area contributed by atoms with Gasteiger partial charge in [0.25, 0.3) is 0 Å². The third-order valence-corrected chi connectivity index (χ3v) is 6.31. The molecule has 1 saturated carbocycles. The zero-order chi connectivity index (χ0) is 14.0. The first-order chi connectivity index (χ1) is 8.94. The Kier molecular flexibility index (Phi) is 4.69. The van der Waals surface area contributed by atoms with Crippen LogP contribution in [-0.2, 0) is 15.4 Å². The zero-order valence-corrected chi connectivity index (χ0v) is 13.7. The lowest BCUT2D eigenvalue weighted by molar-refractivity contribution is 0.402. The number of nitrogens with one attached hydrogen (secondary N) is 1. The van der Waals surface area contributed by atoms with Crippen LogP contribution in [-0.4, -0.2) is 14.5 Å². The van der Waals surface area contributed by atoms with Crippen LogP contribution < -0.4 is 4.72 Å². The summed E-state index contributed by atoms with van der Waals surface area (Å²) in [6.45, 7) is 4.31. The molecule has 3 unspecified atom stereocenters. The predicted molar refractivity (Wildman–Crippen MR) is 80.7 cm³/mol. The number of sulfonamides is 1. The molecule has 0 radical (unpaired) electrons. The van der Waals surface area contributed by atoms with Gasteiger partial charge in [0.1, 0.15) is 0 Å². The maximum Gasteiger partial charge on any atom is 0.240 e. The Morgan fingerprint density at radius 1 is 1.21 bits per heavy atom. The smallest absolute Gasteiger partial charge is 0.208 e. The summed E-state index contributed by atoms with van der Waals surface area (Å²) in [7, 11) is -3.39. The molecule has 3 nitrogen and oxygen atoms in total. The zero-order valence-electron chi connectivity index (χ0n) is 11.3. The highest BCUT2D eigenvalue weighted by Crippen LogP contribution is 2.32. The lowest BCUT2D eigenvalue weighted by Crippen LogP contribution is -2.37. The Hall–Kier alpha value is -0.390. The van der Waals surface area contributed by atoms with Gasteiger partial charge in [-0.3, -0.25) is 0 Å². The highest BCUT2D eigenvalue weighted by molar-refractivity contribution is 9.08. The minimum Gasteiger partial charge on any atom is -0.208 e. The number of halogens is 1. The van der Waals surface area contributed by atoms with Crippen molar-refractivity contribution in [3.05, 3.63) is 29.8 Å². The highest BCUT2D eigenvalue weighted by atomic mass is 79.9. The van der Waals surface area contributed by atoms with E-state index in [0.29, 0.717) is 16.7 Å². The van der Waals surface area contributed by atoms with Crippen LogP contribution in [0.1, 0.15) is 32.3 Å². The fourth-order valence-electron chi connectivity index (χ4n) is 2.56. The molecule has 1 fully saturated rings. The summed E-state index contributed by atoms with van der Waals surface area (Å²) >= 11 is 3.35. The third-order valence-electron chi connectivity index (χ3n) is 4.16.